The number of ketones is 1. The van der Waals surface area contributed by atoms with Crippen LogP contribution in [0.3, 0.4) is 0 Å². The van der Waals surface area contributed by atoms with Crippen LogP contribution in [0.5, 0.6) is 0 Å². The number of benzene rings is 1. The van der Waals surface area contributed by atoms with Crippen LogP contribution < -0.4 is 0 Å². The first kappa shape index (κ1) is 16.1. The second-order valence-corrected chi connectivity index (χ2v) is 6.47. The summed E-state index contributed by atoms with van der Waals surface area (Å²) in [6.07, 6.45) is 2.21. The van der Waals surface area contributed by atoms with E-state index < -0.39 is 23.5 Å². The van der Waals surface area contributed by atoms with Crippen molar-refractivity contribution in [2.45, 2.75) is 51.9 Å². The van der Waals surface area contributed by atoms with Crippen LogP contribution in [0.1, 0.15) is 37.8 Å². The Bertz CT molecular complexity index is 683. The molecule has 1 aliphatic heterocycles. The quantitative estimate of drug-likeness (QED) is 0.848. The molecular weight excluding hydrogens is 302 g/mol. The Hall–Kier alpha value is -1.75. The third kappa shape index (κ3) is 2.78. The number of hydrogen-bond acceptors (Lipinski definition) is 3. The van der Waals surface area contributed by atoms with Gasteiger partial charge in [0.2, 0.25) is 0 Å². The molecule has 0 aromatic heterocycles. The number of ether oxygens (including phenoxy) is 2. The van der Waals surface area contributed by atoms with Crippen molar-refractivity contribution in [3.63, 3.8) is 0 Å². The van der Waals surface area contributed by atoms with Gasteiger partial charge in [0.1, 0.15) is 23.0 Å². The minimum atomic E-state index is -0.735. The number of carbonyl (C=O) groups is 1. The maximum absolute atomic E-state index is 14.1. The van der Waals surface area contributed by atoms with Crippen LogP contribution >= 0.6 is 0 Å². The van der Waals surface area contributed by atoms with Gasteiger partial charge in [0.25, 0.3) is 0 Å². The predicted molar refractivity (Wildman–Crippen MR) is 80.7 cm³/mol. The smallest absolute Gasteiger partial charge is 0.197 e. The van der Waals surface area contributed by atoms with Crippen LogP contribution in [-0.4, -0.2) is 17.7 Å². The first-order valence-electron chi connectivity index (χ1n) is 7.86. The molecule has 1 saturated heterocycles. The second-order valence-electron chi connectivity index (χ2n) is 6.47. The van der Waals surface area contributed by atoms with Gasteiger partial charge in [-0.25, -0.2) is 8.78 Å². The molecule has 2 aliphatic rings. The summed E-state index contributed by atoms with van der Waals surface area (Å²) in [5.74, 6) is -0.465. The fourth-order valence-corrected chi connectivity index (χ4v) is 3.47. The number of fused-ring (bicyclic) bond motifs is 1. The molecule has 3 rings (SSSR count). The lowest BCUT2D eigenvalue weighted by molar-refractivity contribution is -0.121. The van der Waals surface area contributed by atoms with Crippen molar-refractivity contribution >= 4 is 5.78 Å². The molecule has 0 bridgehead atoms. The van der Waals surface area contributed by atoms with E-state index in [1.807, 2.05) is 6.92 Å². The number of aryl methyl sites for hydroxylation is 1. The van der Waals surface area contributed by atoms with Gasteiger partial charge in [0, 0.05) is 12.5 Å². The van der Waals surface area contributed by atoms with E-state index in [0.717, 1.165) is 0 Å². The minimum absolute atomic E-state index is 0.00749. The maximum Gasteiger partial charge on any atom is 0.197 e. The molecule has 1 heterocycles. The molecule has 0 N–H and O–H groups in total. The average molecular weight is 322 g/mol. The molecule has 1 aromatic carbocycles. The van der Waals surface area contributed by atoms with Gasteiger partial charge in [0.15, 0.2) is 12.1 Å². The molecule has 1 fully saturated rings. The predicted octanol–water partition coefficient (Wildman–Crippen LogP) is 3.83. The summed E-state index contributed by atoms with van der Waals surface area (Å²) in [5.41, 5.74) is -0.134. The van der Waals surface area contributed by atoms with Gasteiger partial charge in [-0.1, -0.05) is 6.92 Å². The SMILES string of the molecule is Cc1cc(F)c(C[C@H](C)[C@]23CCC(=O)C=C2OC(C)O3)cc1F. The number of carbonyl (C=O) groups excluding carboxylic acids is 1. The highest BCUT2D eigenvalue weighted by molar-refractivity contribution is 5.91. The van der Waals surface area contributed by atoms with E-state index >= 15 is 0 Å². The van der Waals surface area contributed by atoms with E-state index in [1.165, 1.54) is 25.1 Å². The summed E-state index contributed by atoms with van der Waals surface area (Å²) >= 11 is 0. The summed E-state index contributed by atoms with van der Waals surface area (Å²) in [4.78, 5) is 11.7. The van der Waals surface area contributed by atoms with Crippen LogP contribution in [0.25, 0.3) is 0 Å². The summed E-state index contributed by atoms with van der Waals surface area (Å²) < 4.78 is 39.5. The van der Waals surface area contributed by atoms with Crippen LogP contribution in [0.4, 0.5) is 8.78 Å². The van der Waals surface area contributed by atoms with Crippen molar-refractivity contribution in [3.05, 3.63) is 46.7 Å². The van der Waals surface area contributed by atoms with Crippen molar-refractivity contribution in [2.75, 3.05) is 0 Å². The third-order valence-corrected chi connectivity index (χ3v) is 4.77. The Morgan fingerprint density at radius 1 is 1.35 bits per heavy atom. The van der Waals surface area contributed by atoms with Crippen molar-refractivity contribution in [1.82, 2.24) is 0 Å². The van der Waals surface area contributed by atoms with Crippen molar-refractivity contribution in [2.24, 2.45) is 5.92 Å². The van der Waals surface area contributed by atoms with Crippen molar-refractivity contribution < 1.29 is 23.0 Å². The van der Waals surface area contributed by atoms with Gasteiger partial charge in [-0.2, -0.15) is 0 Å². The summed E-state index contributed by atoms with van der Waals surface area (Å²) in [7, 11) is 0. The van der Waals surface area contributed by atoms with Gasteiger partial charge in [-0.05, 0) is 55.9 Å². The Kier molecular flexibility index (Phi) is 4.00. The van der Waals surface area contributed by atoms with E-state index in [1.54, 1.807) is 6.92 Å². The zero-order chi connectivity index (χ0) is 16.8. The molecule has 0 saturated carbocycles. The lowest BCUT2D eigenvalue weighted by Gasteiger charge is -2.35. The first-order chi connectivity index (χ1) is 10.8. The average Bonchev–Trinajstić information content (AvgIpc) is 2.81. The van der Waals surface area contributed by atoms with Gasteiger partial charge in [-0.3, -0.25) is 4.79 Å². The molecule has 3 atom stereocenters. The van der Waals surface area contributed by atoms with Gasteiger partial charge >= 0.3 is 0 Å². The fraction of sp³-hybridized carbons (Fsp3) is 0.500. The van der Waals surface area contributed by atoms with Crippen LogP contribution in [0, 0.1) is 24.5 Å². The Balaban J connectivity index is 1.91. The maximum atomic E-state index is 14.1. The van der Waals surface area contributed by atoms with E-state index in [0.29, 0.717) is 30.6 Å². The highest BCUT2D eigenvalue weighted by Gasteiger charge is 2.51. The molecular formula is C18H20F2O3. The minimum Gasteiger partial charge on any atom is -0.466 e. The fourth-order valence-electron chi connectivity index (χ4n) is 3.47. The molecule has 1 aromatic rings. The Labute approximate surface area is 134 Å². The molecule has 0 radical (unpaired) electrons. The highest BCUT2D eigenvalue weighted by Crippen LogP contribution is 2.46. The molecule has 1 aliphatic carbocycles. The van der Waals surface area contributed by atoms with E-state index in [9.17, 15) is 13.6 Å². The molecule has 1 unspecified atom stereocenters. The number of rotatable bonds is 3. The van der Waals surface area contributed by atoms with Gasteiger partial charge < -0.3 is 9.47 Å². The van der Waals surface area contributed by atoms with Crippen molar-refractivity contribution in [1.29, 1.82) is 0 Å². The summed E-state index contributed by atoms with van der Waals surface area (Å²) in [6, 6.07) is 2.46. The largest absolute Gasteiger partial charge is 0.466 e. The second kappa shape index (κ2) is 5.71. The van der Waals surface area contributed by atoms with E-state index in [4.69, 9.17) is 9.47 Å². The van der Waals surface area contributed by atoms with E-state index in [2.05, 4.69) is 0 Å². The molecule has 0 amide bonds. The molecule has 23 heavy (non-hydrogen) atoms. The van der Waals surface area contributed by atoms with Crippen LogP contribution in [0.15, 0.2) is 24.0 Å². The third-order valence-electron chi connectivity index (χ3n) is 4.77. The molecule has 0 spiro atoms. The summed E-state index contributed by atoms with van der Waals surface area (Å²) in [6.45, 7) is 5.22. The highest BCUT2D eigenvalue weighted by atomic mass is 19.1. The Morgan fingerprint density at radius 3 is 2.83 bits per heavy atom. The topological polar surface area (TPSA) is 35.5 Å². The zero-order valence-electron chi connectivity index (χ0n) is 13.5. The first-order valence-corrected chi connectivity index (χ1v) is 7.86. The molecule has 3 nitrogen and oxygen atoms in total. The monoisotopic (exact) mass is 322 g/mol. The van der Waals surface area contributed by atoms with Gasteiger partial charge in [0.05, 0.1) is 0 Å². The van der Waals surface area contributed by atoms with Gasteiger partial charge in [-0.15, -0.1) is 0 Å². The zero-order valence-corrected chi connectivity index (χ0v) is 13.5. The lowest BCUT2D eigenvalue weighted by Crippen LogP contribution is -2.42. The molecule has 124 valence electrons. The van der Waals surface area contributed by atoms with Crippen molar-refractivity contribution in [3.8, 4) is 0 Å². The number of allylic oxidation sites excluding steroid dienone is 1. The summed E-state index contributed by atoms with van der Waals surface area (Å²) in [5, 5.41) is 0. The lowest BCUT2D eigenvalue weighted by atomic mass is 9.76. The molecule has 5 heteroatoms. The van der Waals surface area contributed by atoms with Crippen LogP contribution in [-0.2, 0) is 20.7 Å². The normalized spacial score (nSPS) is 28.1. The van der Waals surface area contributed by atoms with Crippen LogP contribution in [0.2, 0.25) is 0 Å². The Morgan fingerprint density at radius 2 is 2.09 bits per heavy atom. The number of halogens is 2. The standard InChI is InChI=1S/C18H20F2O3/c1-10-6-16(20)13(8-15(10)19)7-11(2)18-5-4-14(21)9-17(18)22-12(3)23-18/h6,8-9,11-12H,4-5,7H2,1-3H3/t11-,12?,18+/m0/s1. The number of hydrogen-bond donors (Lipinski definition) is 0. The van der Waals surface area contributed by atoms with E-state index in [-0.39, 0.29) is 17.3 Å².